The zero-order valence-electron chi connectivity index (χ0n) is 14.4. The Kier molecular flexibility index (Phi) is 5.03. The number of phenols is 1. The van der Waals surface area contributed by atoms with Crippen LogP contribution in [-0.4, -0.2) is 31.4 Å². The molecule has 0 spiro atoms. The largest absolute Gasteiger partial charge is 0.507 e. The average Bonchev–Trinajstić information content (AvgIpc) is 2.67. The molecule has 0 saturated heterocycles. The Labute approximate surface area is 150 Å². The van der Waals surface area contributed by atoms with E-state index in [1.54, 1.807) is 13.2 Å². The lowest BCUT2D eigenvalue weighted by Gasteiger charge is -2.08. The molecule has 0 radical (unpaired) electrons. The second-order valence-corrected chi connectivity index (χ2v) is 5.48. The van der Waals surface area contributed by atoms with Gasteiger partial charge in [0.15, 0.2) is 0 Å². The third kappa shape index (κ3) is 3.44. The fourth-order valence-corrected chi connectivity index (χ4v) is 2.63. The Morgan fingerprint density at radius 3 is 2.62 bits per heavy atom. The van der Waals surface area contributed by atoms with Gasteiger partial charge in [-0.05, 0) is 29.0 Å². The molecule has 0 bridgehead atoms. The molecule has 26 heavy (non-hydrogen) atoms. The number of hydrogen-bond donors (Lipinski definition) is 2. The number of nitrogens with one attached hydrogen (secondary N) is 1. The van der Waals surface area contributed by atoms with E-state index in [9.17, 15) is 9.90 Å². The van der Waals surface area contributed by atoms with Crippen LogP contribution in [0.25, 0.3) is 10.8 Å². The van der Waals surface area contributed by atoms with E-state index >= 15 is 0 Å². The lowest BCUT2D eigenvalue weighted by molar-refractivity contribution is 0.0952. The Morgan fingerprint density at radius 1 is 1.08 bits per heavy atom. The highest BCUT2D eigenvalue weighted by atomic mass is 16.5. The van der Waals surface area contributed by atoms with Gasteiger partial charge in [0.2, 0.25) is 0 Å². The van der Waals surface area contributed by atoms with Crippen molar-refractivity contribution in [2.45, 2.75) is 0 Å². The van der Waals surface area contributed by atoms with Crippen molar-refractivity contribution in [2.24, 2.45) is 5.10 Å². The highest BCUT2D eigenvalue weighted by molar-refractivity contribution is 6.03. The number of nitrogens with zero attached hydrogens (tertiary/aromatic N) is 1. The number of phenolic OH excluding ortho intramolecular Hbond substituents is 1. The second kappa shape index (κ2) is 7.57. The molecule has 2 N–H and O–H groups in total. The van der Waals surface area contributed by atoms with E-state index in [4.69, 9.17) is 9.47 Å². The summed E-state index contributed by atoms with van der Waals surface area (Å²) in [6.45, 7) is 0. The van der Waals surface area contributed by atoms with Crippen molar-refractivity contribution in [1.82, 2.24) is 5.43 Å². The van der Waals surface area contributed by atoms with Crippen LogP contribution in [-0.2, 0) is 0 Å². The van der Waals surface area contributed by atoms with Gasteiger partial charge >= 0.3 is 0 Å². The number of amides is 1. The van der Waals surface area contributed by atoms with Gasteiger partial charge in [-0.1, -0.05) is 30.3 Å². The molecule has 0 aromatic heterocycles. The van der Waals surface area contributed by atoms with E-state index in [0.717, 1.165) is 16.3 Å². The van der Waals surface area contributed by atoms with Crippen molar-refractivity contribution in [3.8, 4) is 17.2 Å². The molecule has 0 aliphatic heterocycles. The fraction of sp³-hybridized carbons (Fsp3) is 0.100. The van der Waals surface area contributed by atoms with Gasteiger partial charge in [-0.3, -0.25) is 4.79 Å². The summed E-state index contributed by atoms with van der Waals surface area (Å²) in [5.41, 5.74) is 3.27. The van der Waals surface area contributed by atoms with Gasteiger partial charge in [0, 0.05) is 11.6 Å². The van der Waals surface area contributed by atoms with Crippen LogP contribution in [0, 0.1) is 0 Å². The molecule has 0 atom stereocenters. The molecule has 3 rings (SSSR count). The van der Waals surface area contributed by atoms with E-state index in [1.807, 2.05) is 36.4 Å². The molecule has 0 fully saturated rings. The van der Waals surface area contributed by atoms with E-state index in [-0.39, 0.29) is 11.3 Å². The third-order valence-corrected chi connectivity index (χ3v) is 3.96. The third-order valence-electron chi connectivity index (χ3n) is 3.96. The van der Waals surface area contributed by atoms with Crippen LogP contribution in [0.5, 0.6) is 17.2 Å². The van der Waals surface area contributed by atoms with E-state index in [1.165, 1.54) is 25.5 Å². The SMILES string of the molecule is COc1ccc(C(=O)N/N=C\c2c(OC)ccc3ccccc23)c(O)c1. The molecule has 0 aliphatic carbocycles. The van der Waals surface area contributed by atoms with Crippen molar-refractivity contribution in [3.05, 3.63) is 65.7 Å². The predicted molar refractivity (Wildman–Crippen MR) is 100 cm³/mol. The molecular weight excluding hydrogens is 332 g/mol. The predicted octanol–water partition coefficient (Wildman–Crippen LogP) is 3.33. The maximum Gasteiger partial charge on any atom is 0.275 e. The standard InChI is InChI=1S/C20H18N2O4/c1-25-14-8-9-16(18(23)11-14)20(24)22-21-12-17-15-6-4-3-5-13(15)7-10-19(17)26-2/h3-12,23H,1-2H3,(H,22,24)/b21-12-. The van der Waals surface area contributed by atoms with Gasteiger partial charge in [0.1, 0.15) is 17.2 Å². The molecule has 0 saturated carbocycles. The first kappa shape index (κ1) is 17.3. The highest BCUT2D eigenvalue weighted by Gasteiger charge is 2.11. The number of hydrogen-bond acceptors (Lipinski definition) is 5. The van der Waals surface area contributed by atoms with Crippen LogP contribution in [0.15, 0.2) is 59.7 Å². The van der Waals surface area contributed by atoms with Gasteiger partial charge in [-0.2, -0.15) is 5.10 Å². The zero-order chi connectivity index (χ0) is 18.5. The van der Waals surface area contributed by atoms with Crippen LogP contribution >= 0.6 is 0 Å². The van der Waals surface area contributed by atoms with Crippen molar-refractivity contribution in [1.29, 1.82) is 0 Å². The van der Waals surface area contributed by atoms with E-state index in [2.05, 4.69) is 10.5 Å². The van der Waals surface area contributed by atoms with Crippen molar-refractivity contribution in [2.75, 3.05) is 14.2 Å². The summed E-state index contributed by atoms with van der Waals surface area (Å²) >= 11 is 0. The van der Waals surface area contributed by atoms with Crippen molar-refractivity contribution >= 4 is 22.9 Å². The van der Waals surface area contributed by atoms with Gasteiger partial charge < -0.3 is 14.6 Å². The minimum atomic E-state index is -0.527. The number of methoxy groups -OCH3 is 2. The first-order chi connectivity index (χ1) is 12.6. The quantitative estimate of drug-likeness (QED) is 0.546. The molecule has 0 heterocycles. The number of benzene rings is 3. The minimum absolute atomic E-state index is 0.104. The first-order valence-electron chi connectivity index (χ1n) is 7.90. The van der Waals surface area contributed by atoms with Crippen LogP contribution in [0.1, 0.15) is 15.9 Å². The Morgan fingerprint density at radius 2 is 1.88 bits per heavy atom. The average molecular weight is 350 g/mol. The summed E-state index contributed by atoms with van der Waals surface area (Å²) in [4.78, 5) is 12.2. The number of fused-ring (bicyclic) bond motifs is 1. The van der Waals surface area contributed by atoms with Crippen LogP contribution in [0.3, 0.4) is 0 Å². The van der Waals surface area contributed by atoms with Gasteiger partial charge in [-0.25, -0.2) is 5.43 Å². The summed E-state index contributed by atoms with van der Waals surface area (Å²) in [5.74, 6) is 0.400. The maximum absolute atomic E-state index is 12.2. The molecule has 0 unspecified atom stereocenters. The molecule has 3 aromatic rings. The number of carbonyl (C=O) groups is 1. The van der Waals surface area contributed by atoms with E-state index < -0.39 is 5.91 Å². The Hall–Kier alpha value is -3.54. The summed E-state index contributed by atoms with van der Waals surface area (Å²) in [6, 6.07) is 16.0. The monoisotopic (exact) mass is 350 g/mol. The minimum Gasteiger partial charge on any atom is -0.507 e. The molecule has 1 amide bonds. The van der Waals surface area contributed by atoms with Gasteiger partial charge in [0.05, 0.1) is 26.0 Å². The first-order valence-corrected chi connectivity index (χ1v) is 7.90. The lowest BCUT2D eigenvalue weighted by atomic mass is 10.0. The summed E-state index contributed by atoms with van der Waals surface area (Å²) in [7, 11) is 3.06. The Bertz CT molecular complexity index is 983. The number of carbonyl (C=O) groups excluding carboxylic acids is 1. The van der Waals surface area contributed by atoms with Crippen LogP contribution < -0.4 is 14.9 Å². The molecule has 6 nitrogen and oxygen atoms in total. The molecule has 132 valence electrons. The van der Waals surface area contributed by atoms with Crippen molar-refractivity contribution < 1.29 is 19.4 Å². The van der Waals surface area contributed by atoms with Crippen molar-refractivity contribution in [3.63, 3.8) is 0 Å². The topological polar surface area (TPSA) is 80.2 Å². The smallest absolute Gasteiger partial charge is 0.275 e. The summed E-state index contributed by atoms with van der Waals surface area (Å²) in [5, 5.41) is 15.9. The van der Waals surface area contributed by atoms with Gasteiger partial charge in [0.25, 0.3) is 5.91 Å². The molecule has 3 aromatic carbocycles. The Balaban J connectivity index is 1.85. The van der Waals surface area contributed by atoms with E-state index in [0.29, 0.717) is 11.5 Å². The summed E-state index contributed by atoms with van der Waals surface area (Å²) < 4.78 is 10.4. The number of ether oxygens (including phenoxy) is 2. The fourth-order valence-electron chi connectivity index (χ4n) is 2.63. The molecule has 6 heteroatoms. The normalized spacial score (nSPS) is 10.8. The molecule has 0 aliphatic rings. The molecular formula is C20H18N2O4. The number of rotatable bonds is 5. The van der Waals surface area contributed by atoms with Crippen LogP contribution in [0.4, 0.5) is 0 Å². The summed E-state index contributed by atoms with van der Waals surface area (Å²) in [6.07, 6.45) is 1.53. The lowest BCUT2D eigenvalue weighted by Crippen LogP contribution is -2.17. The van der Waals surface area contributed by atoms with Gasteiger partial charge in [-0.15, -0.1) is 0 Å². The highest BCUT2D eigenvalue weighted by Crippen LogP contribution is 2.26. The number of aromatic hydroxyl groups is 1. The maximum atomic E-state index is 12.2. The number of hydrazone groups is 1. The second-order valence-electron chi connectivity index (χ2n) is 5.48. The van der Waals surface area contributed by atoms with Crippen LogP contribution in [0.2, 0.25) is 0 Å². The zero-order valence-corrected chi connectivity index (χ0v) is 14.4.